The lowest BCUT2D eigenvalue weighted by Gasteiger charge is -2.03. The molecule has 1 aromatic heterocycles. The first-order valence-corrected chi connectivity index (χ1v) is 5.99. The molecule has 0 atom stereocenters. The SMILES string of the molecule is c1ccc2c(c1)CCCC(c1ccncc1)=N2. The number of nitrogens with zero attached hydrogens (tertiary/aromatic N) is 2. The van der Waals surface area contributed by atoms with Gasteiger partial charge in [-0.15, -0.1) is 0 Å². The van der Waals surface area contributed by atoms with Crippen LogP contribution in [0.3, 0.4) is 0 Å². The van der Waals surface area contributed by atoms with Gasteiger partial charge in [0, 0.05) is 18.1 Å². The van der Waals surface area contributed by atoms with Crippen LogP contribution >= 0.6 is 0 Å². The molecule has 0 saturated heterocycles. The van der Waals surface area contributed by atoms with E-state index >= 15 is 0 Å². The molecule has 3 rings (SSSR count). The van der Waals surface area contributed by atoms with Crippen LogP contribution < -0.4 is 0 Å². The van der Waals surface area contributed by atoms with E-state index in [4.69, 9.17) is 4.99 Å². The molecule has 0 unspecified atom stereocenters. The van der Waals surface area contributed by atoms with E-state index in [0.29, 0.717) is 0 Å². The third-order valence-corrected chi connectivity index (χ3v) is 3.12. The molecule has 0 radical (unpaired) electrons. The fraction of sp³-hybridized carbons (Fsp3) is 0.200. The van der Waals surface area contributed by atoms with Crippen LogP contribution in [0.15, 0.2) is 53.8 Å². The Kier molecular flexibility index (Phi) is 2.70. The van der Waals surface area contributed by atoms with Crippen LogP contribution in [0.25, 0.3) is 0 Å². The number of benzene rings is 1. The molecule has 0 amide bonds. The van der Waals surface area contributed by atoms with E-state index in [-0.39, 0.29) is 0 Å². The van der Waals surface area contributed by atoms with Crippen LogP contribution in [0.4, 0.5) is 5.69 Å². The number of hydrogen-bond donors (Lipinski definition) is 0. The molecule has 17 heavy (non-hydrogen) atoms. The van der Waals surface area contributed by atoms with E-state index in [1.807, 2.05) is 24.5 Å². The number of para-hydroxylation sites is 1. The third-order valence-electron chi connectivity index (χ3n) is 3.12. The molecule has 2 heterocycles. The molecule has 2 heteroatoms. The molecule has 2 aromatic rings. The molecular weight excluding hydrogens is 208 g/mol. The molecule has 0 spiro atoms. The van der Waals surface area contributed by atoms with Crippen LogP contribution in [-0.4, -0.2) is 10.7 Å². The Labute approximate surface area is 101 Å². The minimum absolute atomic E-state index is 1.04. The van der Waals surface area contributed by atoms with Gasteiger partial charge in [-0.25, -0.2) is 0 Å². The Bertz CT molecular complexity index is 544. The predicted molar refractivity (Wildman–Crippen MR) is 69.8 cm³/mol. The lowest BCUT2D eigenvalue weighted by Crippen LogP contribution is -1.99. The number of fused-ring (bicyclic) bond motifs is 1. The van der Waals surface area contributed by atoms with Crippen molar-refractivity contribution in [2.45, 2.75) is 19.3 Å². The van der Waals surface area contributed by atoms with E-state index in [0.717, 1.165) is 24.9 Å². The molecule has 0 N–H and O–H groups in total. The second-order valence-corrected chi connectivity index (χ2v) is 4.28. The van der Waals surface area contributed by atoms with Crippen molar-refractivity contribution in [1.82, 2.24) is 4.98 Å². The quantitative estimate of drug-likeness (QED) is 0.724. The van der Waals surface area contributed by atoms with Crippen molar-refractivity contribution in [3.63, 3.8) is 0 Å². The lowest BCUT2D eigenvalue weighted by molar-refractivity contribution is 0.878. The molecule has 1 aliphatic rings. The highest BCUT2D eigenvalue weighted by molar-refractivity contribution is 6.02. The Morgan fingerprint density at radius 1 is 0.882 bits per heavy atom. The Balaban J connectivity index is 2.05. The minimum Gasteiger partial charge on any atom is -0.265 e. The summed E-state index contributed by atoms with van der Waals surface area (Å²) in [6, 6.07) is 12.5. The second kappa shape index (κ2) is 4.50. The largest absolute Gasteiger partial charge is 0.265 e. The van der Waals surface area contributed by atoms with Gasteiger partial charge in [-0.2, -0.15) is 0 Å². The first-order valence-electron chi connectivity index (χ1n) is 5.99. The van der Waals surface area contributed by atoms with Gasteiger partial charge >= 0.3 is 0 Å². The van der Waals surface area contributed by atoms with Gasteiger partial charge < -0.3 is 0 Å². The normalized spacial score (nSPS) is 14.7. The van der Waals surface area contributed by atoms with Crippen LogP contribution in [-0.2, 0) is 6.42 Å². The van der Waals surface area contributed by atoms with E-state index in [1.165, 1.54) is 16.8 Å². The second-order valence-electron chi connectivity index (χ2n) is 4.28. The number of rotatable bonds is 1. The average Bonchev–Trinajstić information content (AvgIpc) is 2.62. The number of hydrogen-bond acceptors (Lipinski definition) is 2. The molecule has 0 fully saturated rings. The van der Waals surface area contributed by atoms with Crippen molar-refractivity contribution in [3.8, 4) is 0 Å². The maximum Gasteiger partial charge on any atom is 0.0665 e. The highest BCUT2D eigenvalue weighted by atomic mass is 14.8. The van der Waals surface area contributed by atoms with E-state index < -0.39 is 0 Å². The molecule has 2 nitrogen and oxygen atoms in total. The van der Waals surface area contributed by atoms with Crippen LogP contribution in [0, 0.1) is 0 Å². The molecule has 0 saturated carbocycles. The molecule has 0 aliphatic carbocycles. The summed E-state index contributed by atoms with van der Waals surface area (Å²) in [5, 5.41) is 0. The average molecular weight is 222 g/mol. The highest BCUT2D eigenvalue weighted by Gasteiger charge is 2.10. The maximum atomic E-state index is 4.80. The first kappa shape index (κ1) is 10.2. The Hall–Kier alpha value is -1.96. The summed E-state index contributed by atoms with van der Waals surface area (Å²) in [4.78, 5) is 8.85. The Morgan fingerprint density at radius 2 is 1.71 bits per heavy atom. The van der Waals surface area contributed by atoms with Crippen molar-refractivity contribution < 1.29 is 0 Å². The summed E-state index contributed by atoms with van der Waals surface area (Å²) < 4.78 is 0. The van der Waals surface area contributed by atoms with Crippen molar-refractivity contribution >= 4 is 11.4 Å². The molecule has 1 aromatic carbocycles. The summed E-state index contributed by atoms with van der Waals surface area (Å²) >= 11 is 0. The van der Waals surface area contributed by atoms with Gasteiger partial charge in [0.2, 0.25) is 0 Å². The zero-order chi connectivity index (χ0) is 11.5. The fourth-order valence-electron chi connectivity index (χ4n) is 2.23. The van der Waals surface area contributed by atoms with Gasteiger partial charge in [-0.1, -0.05) is 18.2 Å². The third kappa shape index (κ3) is 2.11. The Morgan fingerprint density at radius 3 is 2.59 bits per heavy atom. The van der Waals surface area contributed by atoms with Crippen molar-refractivity contribution in [2.24, 2.45) is 4.99 Å². The number of aliphatic imine (C=N–C) groups is 1. The van der Waals surface area contributed by atoms with Gasteiger partial charge in [0.15, 0.2) is 0 Å². The topological polar surface area (TPSA) is 25.2 Å². The van der Waals surface area contributed by atoms with E-state index in [2.05, 4.69) is 29.2 Å². The van der Waals surface area contributed by atoms with Crippen LogP contribution in [0.1, 0.15) is 24.0 Å². The zero-order valence-electron chi connectivity index (χ0n) is 9.63. The van der Waals surface area contributed by atoms with E-state index in [1.54, 1.807) is 0 Å². The maximum absolute atomic E-state index is 4.80. The molecular formula is C15H14N2. The molecule has 0 bridgehead atoms. The zero-order valence-corrected chi connectivity index (χ0v) is 9.63. The first-order chi connectivity index (χ1) is 8.43. The number of aryl methyl sites for hydroxylation is 1. The summed E-state index contributed by atoms with van der Waals surface area (Å²) in [5.41, 5.74) is 4.85. The van der Waals surface area contributed by atoms with Gasteiger partial charge in [0.1, 0.15) is 0 Å². The summed E-state index contributed by atoms with van der Waals surface area (Å²) in [6.07, 6.45) is 6.98. The number of pyridine rings is 1. The van der Waals surface area contributed by atoms with Gasteiger partial charge in [0.05, 0.1) is 5.69 Å². The number of aromatic nitrogens is 1. The molecule has 84 valence electrons. The molecule has 1 aliphatic heterocycles. The summed E-state index contributed by atoms with van der Waals surface area (Å²) in [6.45, 7) is 0. The summed E-state index contributed by atoms with van der Waals surface area (Å²) in [5.74, 6) is 0. The fourth-order valence-corrected chi connectivity index (χ4v) is 2.23. The minimum atomic E-state index is 1.04. The van der Waals surface area contributed by atoms with Crippen molar-refractivity contribution in [2.75, 3.05) is 0 Å². The standard InChI is InChI=1S/C15H14N2/c1-2-6-14-12(4-1)5-3-7-15(17-14)13-8-10-16-11-9-13/h1-2,4,6,8-11H,3,5,7H2. The van der Waals surface area contributed by atoms with Crippen molar-refractivity contribution in [1.29, 1.82) is 0 Å². The van der Waals surface area contributed by atoms with Gasteiger partial charge in [-0.05, 0) is 48.6 Å². The van der Waals surface area contributed by atoms with Gasteiger partial charge in [0.25, 0.3) is 0 Å². The van der Waals surface area contributed by atoms with Gasteiger partial charge in [-0.3, -0.25) is 9.98 Å². The lowest BCUT2D eigenvalue weighted by atomic mass is 10.0. The highest BCUT2D eigenvalue weighted by Crippen LogP contribution is 2.26. The van der Waals surface area contributed by atoms with Crippen LogP contribution in [0.2, 0.25) is 0 Å². The van der Waals surface area contributed by atoms with Crippen LogP contribution in [0.5, 0.6) is 0 Å². The van der Waals surface area contributed by atoms with E-state index in [9.17, 15) is 0 Å². The smallest absolute Gasteiger partial charge is 0.0665 e. The summed E-state index contributed by atoms with van der Waals surface area (Å²) in [7, 11) is 0. The predicted octanol–water partition coefficient (Wildman–Crippen LogP) is 3.54. The monoisotopic (exact) mass is 222 g/mol. The van der Waals surface area contributed by atoms with Crippen molar-refractivity contribution in [3.05, 3.63) is 59.9 Å².